The Balaban J connectivity index is 0.000000980. The Labute approximate surface area is 186 Å². The van der Waals surface area contributed by atoms with Crippen molar-refractivity contribution in [3.05, 3.63) is 71.3 Å². The zero-order valence-electron chi connectivity index (χ0n) is 14.4. The molecule has 0 amide bonds. The first kappa shape index (κ1) is 23.8. The average Bonchev–Trinajstić information content (AvgIpc) is 3.32. The van der Waals surface area contributed by atoms with Crippen LogP contribution < -0.4 is 0 Å². The second-order valence-electron chi connectivity index (χ2n) is 5.91. The molecule has 0 spiro atoms. The van der Waals surface area contributed by atoms with Crippen LogP contribution >= 0.6 is 0 Å². The van der Waals surface area contributed by atoms with Crippen molar-refractivity contribution in [3.8, 4) is 0 Å². The molecule has 6 nitrogen and oxygen atoms in total. The van der Waals surface area contributed by atoms with E-state index in [1.807, 2.05) is 42.5 Å². The number of fused-ring (bicyclic) bond motifs is 8. The molecule has 2 N–H and O–H groups in total. The molecule has 0 fully saturated rings. The summed E-state index contributed by atoms with van der Waals surface area (Å²) in [5, 5.41) is 0. The van der Waals surface area contributed by atoms with Crippen molar-refractivity contribution >= 4 is 46.4 Å². The van der Waals surface area contributed by atoms with Crippen molar-refractivity contribution in [3.63, 3.8) is 0 Å². The van der Waals surface area contributed by atoms with Crippen molar-refractivity contribution in [2.75, 3.05) is 0 Å². The van der Waals surface area contributed by atoms with Gasteiger partial charge < -0.3 is 20.9 Å². The van der Waals surface area contributed by atoms with E-state index < -0.39 is 0 Å². The molecule has 139 valence electrons. The summed E-state index contributed by atoms with van der Waals surface area (Å²) in [5.74, 6) is 0. The maximum Gasteiger partial charge on any atom is 4.00 e. The quantitative estimate of drug-likeness (QED) is 0.338. The molecule has 2 aliphatic rings. The average molecular weight is 454 g/mol. The summed E-state index contributed by atoms with van der Waals surface area (Å²) in [7, 11) is 0. The molecular weight excluding hydrogens is 440 g/mol. The smallest absolute Gasteiger partial charge is 2.00 e. The van der Waals surface area contributed by atoms with Crippen LogP contribution in [0.2, 0.25) is 0 Å². The molecule has 5 heterocycles. The summed E-state index contributed by atoms with van der Waals surface area (Å²) < 4.78 is 0. The molecule has 0 unspecified atom stereocenters. The van der Waals surface area contributed by atoms with Gasteiger partial charge in [0.15, 0.2) is 0 Å². The zero-order valence-corrected chi connectivity index (χ0v) is 16.9. The third-order valence-electron chi connectivity index (χ3n) is 4.04. The van der Waals surface area contributed by atoms with Crippen molar-refractivity contribution in [2.24, 2.45) is 0 Å². The number of hydrogen-bond donors (Lipinski definition) is 2. The number of H-pyrrole nitrogens is 2. The van der Waals surface area contributed by atoms with Gasteiger partial charge in [0.2, 0.25) is 0 Å². The second-order valence-corrected chi connectivity index (χ2v) is 5.91. The summed E-state index contributed by atoms with van der Waals surface area (Å²) in [6.45, 7) is 0. The van der Waals surface area contributed by atoms with Crippen molar-refractivity contribution in [1.82, 2.24) is 19.9 Å². The Morgan fingerprint density at radius 3 is 1.21 bits per heavy atom. The van der Waals surface area contributed by atoms with Crippen LogP contribution in [0, 0.1) is 0 Å². The monoisotopic (exact) mass is 453 g/mol. The van der Waals surface area contributed by atoms with Gasteiger partial charge >= 0.3 is 38.8 Å². The van der Waals surface area contributed by atoms with Crippen LogP contribution in [0.3, 0.4) is 0 Å². The molecule has 0 saturated heterocycles. The van der Waals surface area contributed by atoms with Gasteiger partial charge in [0.1, 0.15) is 0 Å². The van der Waals surface area contributed by atoms with E-state index >= 15 is 0 Å². The van der Waals surface area contributed by atoms with E-state index in [9.17, 15) is 0 Å². The molecule has 5 rings (SSSR count). The van der Waals surface area contributed by atoms with E-state index in [2.05, 4.69) is 50.3 Å². The molecule has 8 heteroatoms. The molecule has 2 aliphatic heterocycles. The first-order valence-corrected chi connectivity index (χ1v) is 7.85. The Bertz CT molecular complexity index is 1090. The summed E-state index contributed by atoms with van der Waals surface area (Å²) in [6, 6.07) is 16.4. The molecule has 1 radical (unpaired) electrons. The minimum absolute atomic E-state index is 0. The second kappa shape index (κ2) is 9.80. The SMILES string of the molecule is C1=Cc2cc3ccc(cc4ccc(cc5nc(cc1n2)C=C5)[nH]4)[nH]3.[Cu+2].[O-2].[O-2].[Ti+4]. The Hall–Kier alpha value is -2.25. The molecule has 3 aromatic heterocycles. The predicted molar refractivity (Wildman–Crippen MR) is 100 cm³/mol. The Morgan fingerprint density at radius 2 is 0.821 bits per heavy atom. The van der Waals surface area contributed by atoms with Gasteiger partial charge in [-0.05, 0) is 72.8 Å². The topological polar surface area (TPSA) is 114 Å². The molecule has 3 aromatic rings. The molecule has 8 bridgehead atoms. The van der Waals surface area contributed by atoms with Crippen LogP contribution in [0.4, 0.5) is 0 Å². The van der Waals surface area contributed by atoms with Gasteiger partial charge in [0.25, 0.3) is 0 Å². The van der Waals surface area contributed by atoms with Gasteiger partial charge in [0, 0.05) is 22.1 Å². The van der Waals surface area contributed by atoms with Crippen LogP contribution in [-0.2, 0) is 49.7 Å². The van der Waals surface area contributed by atoms with Gasteiger partial charge in [-0.3, -0.25) is 0 Å². The standard InChI is InChI=1S/C20H14N4.Cu.2O.Ti/c1-2-14-10-16-5-6-18(23-16)12-20-8-7-19(24-20)11-17-4-3-15(22-17)9-13(1)21-14;;;;/h1-12,21-22H;;;;/q;+2;2*-2;+4. The van der Waals surface area contributed by atoms with Gasteiger partial charge in [-0.2, -0.15) is 0 Å². The van der Waals surface area contributed by atoms with Crippen LogP contribution in [-0.4, -0.2) is 19.9 Å². The normalized spacial score (nSPS) is 10.9. The number of nitrogens with one attached hydrogen (secondary N) is 2. The van der Waals surface area contributed by atoms with Gasteiger partial charge in [-0.1, -0.05) is 0 Å². The van der Waals surface area contributed by atoms with E-state index in [0.717, 1.165) is 44.8 Å². The zero-order chi connectivity index (χ0) is 15.9. The molecule has 0 saturated carbocycles. The van der Waals surface area contributed by atoms with Gasteiger partial charge in [0.05, 0.1) is 22.8 Å². The maximum atomic E-state index is 4.62. The molecule has 0 aliphatic carbocycles. The summed E-state index contributed by atoms with van der Waals surface area (Å²) in [4.78, 5) is 16.0. The number of hydrogen-bond acceptors (Lipinski definition) is 2. The van der Waals surface area contributed by atoms with E-state index in [1.54, 1.807) is 0 Å². The fourth-order valence-electron chi connectivity index (χ4n) is 2.94. The van der Waals surface area contributed by atoms with E-state index in [4.69, 9.17) is 0 Å². The van der Waals surface area contributed by atoms with Crippen molar-refractivity contribution < 1.29 is 49.7 Å². The maximum absolute atomic E-state index is 4.62. The van der Waals surface area contributed by atoms with Crippen LogP contribution in [0.1, 0.15) is 22.8 Å². The fraction of sp³-hybridized carbons (Fsp3) is 0. The van der Waals surface area contributed by atoms with Crippen molar-refractivity contribution in [1.29, 1.82) is 0 Å². The van der Waals surface area contributed by atoms with E-state index in [1.165, 1.54) is 0 Å². The third-order valence-corrected chi connectivity index (χ3v) is 4.04. The molecule has 0 aromatic carbocycles. The molecule has 28 heavy (non-hydrogen) atoms. The van der Waals surface area contributed by atoms with Crippen LogP contribution in [0.25, 0.3) is 46.4 Å². The van der Waals surface area contributed by atoms with Crippen LogP contribution in [0.5, 0.6) is 0 Å². The van der Waals surface area contributed by atoms with Crippen LogP contribution in [0.15, 0.2) is 48.5 Å². The van der Waals surface area contributed by atoms with Crippen molar-refractivity contribution in [2.45, 2.75) is 0 Å². The van der Waals surface area contributed by atoms with E-state index in [-0.39, 0.29) is 49.7 Å². The Morgan fingerprint density at radius 1 is 0.500 bits per heavy atom. The minimum atomic E-state index is 0. The number of aromatic nitrogens is 4. The minimum Gasteiger partial charge on any atom is -2.00 e. The summed E-state index contributed by atoms with van der Waals surface area (Å²) in [5.41, 5.74) is 7.86. The van der Waals surface area contributed by atoms with Gasteiger partial charge in [-0.15, -0.1) is 0 Å². The number of rotatable bonds is 0. The first-order valence-electron chi connectivity index (χ1n) is 7.85. The van der Waals surface area contributed by atoms with Gasteiger partial charge in [-0.25, -0.2) is 9.97 Å². The predicted octanol–water partition coefficient (Wildman–Crippen LogP) is 4.41. The number of nitrogens with zero attached hydrogens (tertiary/aromatic N) is 2. The first-order chi connectivity index (χ1) is 11.8. The molecule has 0 atom stereocenters. The summed E-state index contributed by atoms with van der Waals surface area (Å²) in [6.07, 6.45) is 8.05. The summed E-state index contributed by atoms with van der Waals surface area (Å²) >= 11 is 0. The largest absolute Gasteiger partial charge is 4.00 e. The number of aromatic amines is 2. The third kappa shape index (κ3) is 4.97. The fourth-order valence-corrected chi connectivity index (χ4v) is 2.94. The molecular formula is C20H14CuN4O2Ti+2. The Kier molecular flexibility index (Phi) is 8.33. The van der Waals surface area contributed by atoms with E-state index in [0.29, 0.717) is 0 Å².